The Bertz CT molecular complexity index is 728. The lowest BCUT2D eigenvalue weighted by Crippen LogP contribution is -2.42. The summed E-state index contributed by atoms with van der Waals surface area (Å²) in [5, 5.41) is 13.9. The van der Waals surface area contributed by atoms with E-state index in [2.05, 4.69) is 10.0 Å². The molecule has 7 nitrogen and oxygen atoms in total. The summed E-state index contributed by atoms with van der Waals surface area (Å²) in [6.07, 6.45) is 2.53. The summed E-state index contributed by atoms with van der Waals surface area (Å²) in [7, 11) is -3.59. The number of aliphatic carboxylic acids is 1. The highest BCUT2D eigenvalue weighted by Gasteiger charge is 2.31. The monoisotopic (exact) mass is 367 g/mol. The topological polar surface area (TPSA) is 115 Å². The second-order valence-electron chi connectivity index (χ2n) is 6.61. The van der Waals surface area contributed by atoms with Crippen LogP contribution in [0.4, 0.5) is 5.69 Å². The zero-order valence-corrected chi connectivity index (χ0v) is 15.1. The van der Waals surface area contributed by atoms with Gasteiger partial charge in [-0.25, -0.2) is 13.1 Å². The predicted molar refractivity (Wildman–Crippen MR) is 91.0 cm³/mol. The van der Waals surface area contributed by atoms with E-state index < -0.39 is 27.8 Å². The molecule has 2 N–H and O–H groups in total. The number of anilines is 1. The molecule has 2 atom stereocenters. The largest absolute Gasteiger partial charge is 0.550 e. The number of hydrogen-bond donors (Lipinski definition) is 2. The Morgan fingerprint density at radius 1 is 1.08 bits per heavy atom. The number of carbonyl (C=O) groups excluding carboxylic acids is 2. The van der Waals surface area contributed by atoms with Gasteiger partial charge < -0.3 is 15.2 Å². The van der Waals surface area contributed by atoms with Gasteiger partial charge in [0.15, 0.2) is 0 Å². The average molecular weight is 367 g/mol. The molecular formula is C17H23N2O5S-. The third-order valence-corrected chi connectivity index (χ3v) is 5.90. The average Bonchev–Trinajstić information content (AvgIpc) is 2.54. The van der Waals surface area contributed by atoms with Crippen LogP contribution in [0.3, 0.4) is 0 Å². The zero-order chi connectivity index (χ0) is 18.6. The molecule has 0 unspecified atom stereocenters. The quantitative estimate of drug-likeness (QED) is 0.774. The highest BCUT2D eigenvalue weighted by Crippen LogP contribution is 2.30. The smallest absolute Gasteiger partial charge is 0.240 e. The Balaban J connectivity index is 2.08. The number of amides is 1. The Labute approximate surface area is 147 Å². The van der Waals surface area contributed by atoms with Crippen molar-refractivity contribution in [1.29, 1.82) is 0 Å². The van der Waals surface area contributed by atoms with Crippen LogP contribution in [0.5, 0.6) is 0 Å². The molecule has 8 heteroatoms. The van der Waals surface area contributed by atoms with Crippen molar-refractivity contribution in [2.45, 2.75) is 50.5 Å². The molecule has 1 amide bonds. The van der Waals surface area contributed by atoms with Crippen LogP contribution < -0.4 is 15.1 Å². The van der Waals surface area contributed by atoms with Gasteiger partial charge in [-0.05, 0) is 51.0 Å². The summed E-state index contributed by atoms with van der Waals surface area (Å²) in [5.41, 5.74) is 0.427. The molecule has 0 spiro atoms. The maximum absolute atomic E-state index is 12.4. The van der Waals surface area contributed by atoms with Crippen molar-refractivity contribution in [3.05, 3.63) is 24.3 Å². The molecular weight excluding hydrogens is 344 g/mol. The second-order valence-corrected chi connectivity index (χ2v) is 8.32. The van der Waals surface area contributed by atoms with Gasteiger partial charge in [0.1, 0.15) is 0 Å². The van der Waals surface area contributed by atoms with E-state index in [1.54, 1.807) is 13.8 Å². The summed E-state index contributed by atoms with van der Waals surface area (Å²) < 4.78 is 26.6. The van der Waals surface area contributed by atoms with Crippen molar-refractivity contribution in [3.63, 3.8) is 0 Å². The van der Waals surface area contributed by atoms with Gasteiger partial charge in [0.2, 0.25) is 15.9 Å². The molecule has 1 aromatic carbocycles. The minimum Gasteiger partial charge on any atom is -0.550 e. The number of sulfonamides is 1. The summed E-state index contributed by atoms with van der Waals surface area (Å²) in [4.78, 5) is 23.7. The van der Waals surface area contributed by atoms with Gasteiger partial charge in [0, 0.05) is 29.5 Å². The van der Waals surface area contributed by atoms with Crippen molar-refractivity contribution < 1.29 is 23.1 Å². The van der Waals surface area contributed by atoms with E-state index in [9.17, 15) is 23.1 Å². The number of hydrogen-bond acceptors (Lipinski definition) is 5. The Kier molecular flexibility index (Phi) is 6.18. The second kappa shape index (κ2) is 7.97. The van der Waals surface area contributed by atoms with E-state index in [1.807, 2.05) is 0 Å². The van der Waals surface area contributed by atoms with Crippen LogP contribution in [0.25, 0.3) is 0 Å². The summed E-state index contributed by atoms with van der Waals surface area (Å²) in [5.74, 6) is -2.96. The van der Waals surface area contributed by atoms with Gasteiger partial charge in [-0.1, -0.05) is 12.8 Å². The minimum absolute atomic E-state index is 0.101. The Hall–Kier alpha value is -1.93. The number of carboxylic acid groups (broad SMARTS) is 1. The minimum atomic E-state index is -3.59. The molecule has 1 aliphatic carbocycles. The van der Waals surface area contributed by atoms with Crippen molar-refractivity contribution >= 4 is 27.6 Å². The summed E-state index contributed by atoms with van der Waals surface area (Å²) >= 11 is 0. The molecule has 0 bridgehead atoms. The SMILES string of the molecule is CC(C)NS(=O)(=O)c1ccc(NC(=O)[C@@H]2CCCC[C@H]2C(=O)[O-])cc1. The van der Waals surface area contributed by atoms with Gasteiger partial charge in [-0.2, -0.15) is 0 Å². The molecule has 1 aromatic rings. The van der Waals surface area contributed by atoms with E-state index in [0.717, 1.165) is 12.8 Å². The molecule has 1 aliphatic rings. The summed E-state index contributed by atoms with van der Waals surface area (Å²) in [6, 6.07) is 5.56. The van der Waals surface area contributed by atoms with Crippen LogP contribution in [-0.2, 0) is 19.6 Å². The molecule has 1 fully saturated rings. The van der Waals surface area contributed by atoms with Crippen LogP contribution in [0, 0.1) is 11.8 Å². The standard InChI is InChI=1S/C17H24N2O5S/c1-11(2)19-25(23,24)13-9-7-12(8-10-13)18-16(20)14-5-3-4-6-15(14)17(21)22/h7-11,14-15,19H,3-6H2,1-2H3,(H,18,20)(H,21,22)/p-1/t14-,15-/m1/s1. The number of rotatable bonds is 6. The molecule has 0 aromatic heterocycles. The molecule has 0 saturated heterocycles. The van der Waals surface area contributed by atoms with Gasteiger partial charge in [0.05, 0.1) is 4.90 Å². The van der Waals surface area contributed by atoms with Crippen LogP contribution >= 0.6 is 0 Å². The fourth-order valence-electron chi connectivity index (χ4n) is 3.06. The van der Waals surface area contributed by atoms with Gasteiger partial charge in [-0.3, -0.25) is 4.79 Å². The fraction of sp³-hybridized carbons (Fsp3) is 0.529. The molecule has 0 heterocycles. The maximum Gasteiger partial charge on any atom is 0.240 e. The van der Waals surface area contributed by atoms with Crippen molar-refractivity contribution in [3.8, 4) is 0 Å². The highest BCUT2D eigenvalue weighted by molar-refractivity contribution is 7.89. The number of carboxylic acids is 1. The first kappa shape index (κ1) is 19.4. The fourth-order valence-corrected chi connectivity index (χ4v) is 4.31. The van der Waals surface area contributed by atoms with Crippen molar-refractivity contribution in [2.75, 3.05) is 5.32 Å². The molecule has 2 rings (SSSR count). The van der Waals surface area contributed by atoms with Crippen LogP contribution in [0.15, 0.2) is 29.2 Å². The van der Waals surface area contributed by atoms with Crippen molar-refractivity contribution in [1.82, 2.24) is 4.72 Å². The molecule has 1 saturated carbocycles. The third-order valence-electron chi connectivity index (χ3n) is 4.23. The van der Waals surface area contributed by atoms with Gasteiger partial charge in [-0.15, -0.1) is 0 Å². The van der Waals surface area contributed by atoms with E-state index >= 15 is 0 Å². The van der Waals surface area contributed by atoms with Crippen molar-refractivity contribution in [2.24, 2.45) is 11.8 Å². The highest BCUT2D eigenvalue weighted by atomic mass is 32.2. The summed E-state index contributed by atoms with van der Waals surface area (Å²) in [6.45, 7) is 3.45. The lowest BCUT2D eigenvalue weighted by molar-refractivity contribution is -0.313. The zero-order valence-electron chi connectivity index (χ0n) is 14.3. The molecule has 138 valence electrons. The van der Waals surface area contributed by atoms with Crippen LogP contribution in [-0.4, -0.2) is 26.3 Å². The Morgan fingerprint density at radius 3 is 2.16 bits per heavy atom. The number of nitrogens with one attached hydrogen (secondary N) is 2. The van der Waals surface area contributed by atoms with E-state index in [1.165, 1.54) is 24.3 Å². The predicted octanol–water partition coefficient (Wildman–Crippen LogP) is 0.868. The number of carbonyl (C=O) groups is 2. The van der Waals surface area contributed by atoms with E-state index in [4.69, 9.17) is 0 Å². The Morgan fingerprint density at radius 2 is 1.64 bits per heavy atom. The lowest BCUT2D eigenvalue weighted by Gasteiger charge is -2.31. The lowest BCUT2D eigenvalue weighted by atomic mass is 9.78. The normalized spacial score (nSPS) is 21.1. The maximum atomic E-state index is 12.4. The first-order valence-electron chi connectivity index (χ1n) is 8.35. The van der Waals surface area contributed by atoms with Crippen LogP contribution in [0.1, 0.15) is 39.5 Å². The first-order valence-corrected chi connectivity index (χ1v) is 9.83. The third kappa shape index (κ3) is 5.02. The van der Waals surface area contributed by atoms with E-state index in [0.29, 0.717) is 18.5 Å². The molecule has 0 radical (unpaired) electrons. The van der Waals surface area contributed by atoms with E-state index in [-0.39, 0.29) is 16.8 Å². The van der Waals surface area contributed by atoms with Gasteiger partial charge in [0.25, 0.3) is 0 Å². The number of benzene rings is 1. The first-order chi connectivity index (χ1) is 11.7. The van der Waals surface area contributed by atoms with Gasteiger partial charge >= 0.3 is 0 Å². The van der Waals surface area contributed by atoms with Crippen LogP contribution in [0.2, 0.25) is 0 Å². The molecule has 0 aliphatic heterocycles. The molecule has 25 heavy (non-hydrogen) atoms.